The van der Waals surface area contributed by atoms with E-state index >= 15 is 0 Å². The molecule has 2 nitrogen and oxygen atoms in total. The minimum atomic E-state index is -4.43. The van der Waals surface area contributed by atoms with Gasteiger partial charge in [0.15, 0.2) is 5.13 Å². The number of alkyl halides is 3. The number of thiazole rings is 1. The summed E-state index contributed by atoms with van der Waals surface area (Å²) in [5.41, 5.74) is 5.39. The maximum atomic E-state index is 13.0. The number of aromatic nitrogens is 1. The number of anilines is 1. The van der Waals surface area contributed by atoms with E-state index in [4.69, 9.17) is 17.3 Å². The molecular formula is C11H10ClF3N2S. The molecule has 0 atom stereocenters. The first-order valence-corrected chi connectivity index (χ1v) is 6.37. The molecule has 0 saturated carbocycles. The second-order valence-corrected chi connectivity index (χ2v) is 5.64. The van der Waals surface area contributed by atoms with Gasteiger partial charge in [0.25, 0.3) is 0 Å². The Bertz CT molecular complexity index is 604. The summed E-state index contributed by atoms with van der Waals surface area (Å²) in [6.07, 6.45) is -4.43. The molecule has 7 heteroatoms. The monoisotopic (exact) mass is 294 g/mol. The van der Waals surface area contributed by atoms with Gasteiger partial charge in [-0.15, -0.1) is 0 Å². The van der Waals surface area contributed by atoms with Crippen molar-refractivity contribution in [1.29, 1.82) is 0 Å². The Morgan fingerprint density at radius 1 is 1.39 bits per heavy atom. The Balaban J connectivity index is 2.91. The molecule has 0 bridgehead atoms. The molecule has 0 aliphatic rings. The summed E-state index contributed by atoms with van der Waals surface area (Å²) in [6, 6.07) is 0.929. The van der Waals surface area contributed by atoms with Gasteiger partial charge in [0.05, 0.1) is 15.3 Å². The minimum absolute atomic E-state index is 0.0188. The van der Waals surface area contributed by atoms with Gasteiger partial charge in [-0.2, -0.15) is 13.2 Å². The average Bonchev–Trinajstić information content (AvgIpc) is 2.57. The van der Waals surface area contributed by atoms with Crippen molar-refractivity contribution >= 4 is 38.3 Å². The van der Waals surface area contributed by atoms with Gasteiger partial charge in [-0.25, -0.2) is 4.98 Å². The Morgan fingerprint density at radius 2 is 2.00 bits per heavy atom. The Kier molecular flexibility index (Phi) is 3.19. The fourth-order valence-electron chi connectivity index (χ4n) is 1.88. The highest BCUT2D eigenvalue weighted by Crippen LogP contribution is 2.44. The largest absolute Gasteiger partial charge is 0.416 e. The van der Waals surface area contributed by atoms with Gasteiger partial charge in [0.1, 0.15) is 5.52 Å². The third-order valence-corrected chi connectivity index (χ3v) is 3.76. The van der Waals surface area contributed by atoms with Crippen molar-refractivity contribution in [1.82, 2.24) is 4.98 Å². The lowest BCUT2D eigenvalue weighted by molar-refractivity contribution is -0.138. The predicted molar refractivity (Wildman–Crippen MR) is 68.1 cm³/mol. The summed E-state index contributed by atoms with van der Waals surface area (Å²) >= 11 is 6.88. The first-order chi connectivity index (χ1) is 8.21. The van der Waals surface area contributed by atoms with Gasteiger partial charge in [-0.05, 0) is 17.5 Å². The molecule has 0 aliphatic heterocycles. The number of halogens is 4. The standard InChI is InChI=1S/C11H10ClF3N2S/c1-4(2)7-5(11(13,14)15)3-6(12)8-9(7)18-10(16)17-8/h3-4H,1-2H3,(H2,16,17). The molecule has 0 spiro atoms. The van der Waals surface area contributed by atoms with Crippen molar-refractivity contribution in [3.05, 3.63) is 22.2 Å². The van der Waals surface area contributed by atoms with Crippen molar-refractivity contribution in [2.24, 2.45) is 0 Å². The predicted octanol–water partition coefficient (Wildman–Crippen LogP) is 4.67. The number of nitrogens with two attached hydrogens (primary N) is 1. The van der Waals surface area contributed by atoms with E-state index in [-0.39, 0.29) is 21.6 Å². The number of benzene rings is 1. The summed E-state index contributed by atoms with van der Waals surface area (Å²) in [4.78, 5) is 3.98. The highest BCUT2D eigenvalue weighted by molar-refractivity contribution is 7.22. The zero-order chi connectivity index (χ0) is 13.7. The van der Waals surface area contributed by atoms with Gasteiger partial charge in [-0.3, -0.25) is 0 Å². The van der Waals surface area contributed by atoms with E-state index in [1.54, 1.807) is 13.8 Å². The van der Waals surface area contributed by atoms with Crippen LogP contribution in [0.5, 0.6) is 0 Å². The summed E-state index contributed by atoms with van der Waals surface area (Å²) in [6.45, 7) is 3.40. The molecule has 1 heterocycles. The smallest absolute Gasteiger partial charge is 0.375 e. The highest BCUT2D eigenvalue weighted by Gasteiger charge is 2.36. The molecule has 2 aromatic rings. The number of fused-ring (bicyclic) bond motifs is 1. The average molecular weight is 295 g/mol. The maximum absolute atomic E-state index is 13.0. The van der Waals surface area contributed by atoms with Crippen LogP contribution < -0.4 is 5.73 Å². The van der Waals surface area contributed by atoms with Crippen LogP contribution in [0.15, 0.2) is 6.07 Å². The van der Waals surface area contributed by atoms with Crippen molar-refractivity contribution < 1.29 is 13.2 Å². The first-order valence-electron chi connectivity index (χ1n) is 5.17. The molecule has 0 saturated heterocycles. The molecule has 0 amide bonds. The van der Waals surface area contributed by atoms with E-state index in [0.29, 0.717) is 10.2 Å². The van der Waals surface area contributed by atoms with Crippen LogP contribution in [0.4, 0.5) is 18.3 Å². The Morgan fingerprint density at radius 3 is 2.50 bits per heavy atom. The fourth-order valence-corrected chi connectivity index (χ4v) is 3.24. The topological polar surface area (TPSA) is 38.9 Å². The maximum Gasteiger partial charge on any atom is 0.416 e. The van der Waals surface area contributed by atoms with Gasteiger partial charge in [-0.1, -0.05) is 36.8 Å². The van der Waals surface area contributed by atoms with E-state index in [1.807, 2.05) is 0 Å². The second kappa shape index (κ2) is 4.28. The summed E-state index contributed by atoms with van der Waals surface area (Å²) in [5.74, 6) is -0.291. The van der Waals surface area contributed by atoms with Crippen LogP contribution >= 0.6 is 22.9 Å². The number of rotatable bonds is 1. The van der Waals surface area contributed by atoms with Gasteiger partial charge in [0, 0.05) is 0 Å². The van der Waals surface area contributed by atoms with Crippen LogP contribution in [0, 0.1) is 0 Å². The second-order valence-electron chi connectivity index (χ2n) is 4.20. The van der Waals surface area contributed by atoms with Crippen molar-refractivity contribution in [2.75, 3.05) is 5.73 Å². The quantitative estimate of drug-likeness (QED) is 0.830. The van der Waals surface area contributed by atoms with E-state index in [1.165, 1.54) is 0 Å². The van der Waals surface area contributed by atoms with Crippen LogP contribution in [0.25, 0.3) is 10.2 Å². The van der Waals surface area contributed by atoms with Crippen LogP contribution in [-0.4, -0.2) is 4.98 Å². The van der Waals surface area contributed by atoms with Crippen molar-refractivity contribution in [2.45, 2.75) is 25.9 Å². The van der Waals surface area contributed by atoms with E-state index in [9.17, 15) is 13.2 Å². The van der Waals surface area contributed by atoms with Gasteiger partial charge in [0.2, 0.25) is 0 Å². The number of hydrogen-bond donors (Lipinski definition) is 1. The SMILES string of the molecule is CC(C)c1c(C(F)(F)F)cc(Cl)c2nc(N)sc12. The summed E-state index contributed by atoms with van der Waals surface area (Å²) in [7, 11) is 0. The van der Waals surface area contributed by atoms with Gasteiger partial charge >= 0.3 is 6.18 Å². The van der Waals surface area contributed by atoms with Crippen LogP contribution in [0.1, 0.15) is 30.9 Å². The zero-order valence-electron chi connectivity index (χ0n) is 9.60. The molecule has 18 heavy (non-hydrogen) atoms. The van der Waals surface area contributed by atoms with Crippen LogP contribution in [-0.2, 0) is 6.18 Å². The lowest BCUT2D eigenvalue weighted by Crippen LogP contribution is -2.10. The van der Waals surface area contributed by atoms with E-state index in [2.05, 4.69) is 4.98 Å². The molecule has 1 aromatic heterocycles. The van der Waals surface area contributed by atoms with Crippen LogP contribution in [0.2, 0.25) is 5.02 Å². The van der Waals surface area contributed by atoms with E-state index in [0.717, 1.165) is 17.4 Å². The molecule has 0 aliphatic carbocycles. The lowest BCUT2D eigenvalue weighted by atomic mass is 9.96. The third-order valence-electron chi connectivity index (χ3n) is 2.56. The molecule has 0 fully saturated rings. The van der Waals surface area contributed by atoms with Crippen molar-refractivity contribution in [3.8, 4) is 0 Å². The molecule has 1 aromatic carbocycles. The summed E-state index contributed by atoms with van der Waals surface area (Å²) < 4.78 is 39.5. The van der Waals surface area contributed by atoms with Gasteiger partial charge < -0.3 is 5.73 Å². The molecule has 98 valence electrons. The highest BCUT2D eigenvalue weighted by atomic mass is 35.5. The van der Waals surface area contributed by atoms with Crippen molar-refractivity contribution in [3.63, 3.8) is 0 Å². The normalized spacial score (nSPS) is 12.6. The summed E-state index contributed by atoms with van der Waals surface area (Å²) in [5, 5.41) is 0.197. The number of nitrogens with zero attached hydrogens (tertiary/aromatic N) is 1. The minimum Gasteiger partial charge on any atom is -0.375 e. The fraction of sp³-hybridized carbons (Fsp3) is 0.364. The molecule has 2 rings (SSSR count). The number of nitrogen functional groups attached to an aromatic ring is 1. The van der Waals surface area contributed by atoms with Crippen LogP contribution in [0.3, 0.4) is 0 Å². The van der Waals surface area contributed by atoms with E-state index < -0.39 is 11.7 Å². The Hall–Kier alpha value is -1.01. The molecule has 2 N–H and O–H groups in total. The molecular weight excluding hydrogens is 285 g/mol. The first kappa shape index (κ1) is 13.4. The third kappa shape index (κ3) is 2.14. The molecule has 0 radical (unpaired) electrons. The Labute approximate surface area is 111 Å². The molecule has 0 unspecified atom stereocenters. The number of hydrogen-bond acceptors (Lipinski definition) is 3. The lowest BCUT2D eigenvalue weighted by Gasteiger charge is -2.16. The zero-order valence-corrected chi connectivity index (χ0v) is 11.2.